The molecule has 120 valence electrons. The van der Waals surface area contributed by atoms with Crippen LogP contribution in [0.5, 0.6) is 0 Å². The van der Waals surface area contributed by atoms with E-state index in [1.807, 2.05) is 0 Å². The van der Waals surface area contributed by atoms with Crippen molar-refractivity contribution in [3.63, 3.8) is 0 Å². The molecule has 0 aliphatic carbocycles. The van der Waals surface area contributed by atoms with Gasteiger partial charge in [-0.25, -0.2) is 0 Å². The number of carbonyl (C=O) groups excluding carboxylic acids is 1. The highest BCUT2D eigenvalue weighted by Gasteiger charge is 2.57. The Morgan fingerprint density at radius 2 is 1.65 bits per heavy atom. The van der Waals surface area contributed by atoms with Crippen molar-refractivity contribution in [1.82, 2.24) is 5.32 Å². The highest BCUT2D eigenvalue weighted by atomic mass is 19.4. The first-order valence-electron chi connectivity index (χ1n) is 5.58. The molecule has 0 aromatic heterocycles. The second-order valence-corrected chi connectivity index (χ2v) is 4.38. The van der Waals surface area contributed by atoms with Crippen LogP contribution < -0.4 is 11.1 Å². The second kappa shape index (κ2) is 6.61. The number of halogens is 6. The zero-order chi connectivity index (χ0) is 16.2. The Labute approximate surface area is 111 Å². The van der Waals surface area contributed by atoms with Crippen LogP contribution in [-0.2, 0) is 9.53 Å². The van der Waals surface area contributed by atoms with E-state index in [2.05, 4.69) is 10.1 Å². The molecule has 1 amide bonds. The fourth-order valence-corrected chi connectivity index (χ4v) is 1.37. The molecule has 1 atom stereocenters. The third kappa shape index (κ3) is 5.53. The van der Waals surface area contributed by atoms with E-state index in [4.69, 9.17) is 5.73 Å². The lowest BCUT2D eigenvalue weighted by atomic mass is 9.95. The molecule has 0 rings (SSSR count). The SMILES string of the molecule is CNC(C)(CCCOC(C(F)(F)F)C(F)(F)F)C(N)=O. The quantitative estimate of drug-likeness (QED) is 0.556. The van der Waals surface area contributed by atoms with Gasteiger partial charge in [-0.05, 0) is 26.8 Å². The molecule has 1 unspecified atom stereocenters. The Kier molecular flexibility index (Phi) is 6.27. The van der Waals surface area contributed by atoms with Crippen LogP contribution >= 0.6 is 0 Å². The molecule has 4 nitrogen and oxygen atoms in total. The zero-order valence-electron chi connectivity index (χ0n) is 10.9. The van der Waals surface area contributed by atoms with Crippen LogP contribution in [0.15, 0.2) is 0 Å². The summed E-state index contributed by atoms with van der Waals surface area (Å²) < 4.78 is 76.7. The summed E-state index contributed by atoms with van der Waals surface area (Å²) in [6.45, 7) is 0.592. The molecule has 0 saturated carbocycles. The van der Waals surface area contributed by atoms with Crippen LogP contribution in [0.4, 0.5) is 26.3 Å². The maximum absolute atomic E-state index is 12.1. The van der Waals surface area contributed by atoms with Gasteiger partial charge in [0, 0.05) is 6.61 Å². The van der Waals surface area contributed by atoms with Gasteiger partial charge in [0.2, 0.25) is 12.0 Å². The van der Waals surface area contributed by atoms with Gasteiger partial charge in [0.05, 0.1) is 5.54 Å². The summed E-state index contributed by atoms with van der Waals surface area (Å²) >= 11 is 0. The smallest absolute Gasteiger partial charge is 0.368 e. The molecular formula is C10H16F6N2O2. The van der Waals surface area contributed by atoms with Crippen LogP contribution in [0.1, 0.15) is 19.8 Å². The van der Waals surface area contributed by atoms with Gasteiger partial charge in [-0.2, -0.15) is 26.3 Å². The fourth-order valence-electron chi connectivity index (χ4n) is 1.37. The summed E-state index contributed by atoms with van der Waals surface area (Å²) in [5, 5.41) is 2.55. The topological polar surface area (TPSA) is 64.3 Å². The lowest BCUT2D eigenvalue weighted by Gasteiger charge is -2.26. The standard InChI is InChI=1S/C10H16F6N2O2/c1-8(18-2,7(17)19)4-3-5-20-6(9(11,12)13)10(14,15)16/h6,18H,3-5H2,1-2H3,(H2,17,19). The molecule has 0 spiro atoms. The third-order valence-electron chi connectivity index (χ3n) is 2.80. The Morgan fingerprint density at radius 1 is 1.20 bits per heavy atom. The van der Waals surface area contributed by atoms with Crippen molar-refractivity contribution in [2.75, 3.05) is 13.7 Å². The number of hydrogen-bond acceptors (Lipinski definition) is 3. The molecule has 0 aliphatic heterocycles. The molecule has 0 radical (unpaired) electrons. The number of nitrogens with two attached hydrogens (primary N) is 1. The number of hydrogen-bond donors (Lipinski definition) is 2. The van der Waals surface area contributed by atoms with Crippen molar-refractivity contribution < 1.29 is 35.9 Å². The average Bonchev–Trinajstić information content (AvgIpc) is 2.24. The summed E-state index contributed by atoms with van der Waals surface area (Å²) in [4.78, 5) is 11.1. The molecule has 20 heavy (non-hydrogen) atoms. The van der Waals surface area contributed by atoms with Crippen molar-refractivity contribution >= 4 is 5.91 Å². The van der Waals surface area contributed by atoms with Crippen molar-refractivity contribution in [1.29, 1.82) is 0 Å². The van der Waals surface area contributed by atoms with Gasteiger partial charge in [0.25, 0.3) is 0 Å². The van der Waals surface area contributed by atoms with Crippen LogP contribution in [0, 0.1) is 0 Å². The average molecular weight is 310 g/mol. The number of primary amides is 1. The highest BCUT2D eigenvalue weighted by Crippen LogP contribution is 2.35. The first-order valence-corrected chi connectivity index (χ1v) is 5.58. The Bertz CT molecular complexity index is 317. The van der Waals surface area contributed by atoms with E-state index in [0.717, 1.165) is 0 Å². The number of carbonyl (C=O) groups is 1. The molecule has 0 aromatic carbocycles. The molecule has 0 aliphatic rings. The predicted octanol–water partition coefficient (Wildman–Crippen LogP) is 1.74. The van der Waals surface area contributed by atoms with E-state index in [-0.39, 0.29) is 12.8 Å². The van der Waals surface area contributed by atoms with Crippen molar-refractivity contribution in [2.24, 2.45) is 5.73 Å². The van der Waals surface area contributed by atoms with Gasteiger partial charge >= 0.3 is 12.4 Å². The number of ether oxygens (including phenoxy) is 1. The molecule has 0 heterocycles. The van der Waals surface area contributed by atoms with Crippen molar-refractivity contribution in [2.45, 2.75) is 43.8 Å². The Morgan fingerprint density at radius 3 is 1.95 bits per heavy atom. The number of likely N-dealkylation sites (N-methyl/N-ethyl adjacent to an activating group) is 1. The molecule has 0 aromatic rings. The summed E-state index contributed by atoms with van der Waals surface area (Å²) in [5.41, 5.74) is 3.85. The van der Waals surface area contributed by atoms with Gasteiger partial charge < -0.3 is 15.8 Å². The minimum absolute atomic E-state index is 0.0543. The van der Waals surface area contributed by atoms with E-state index in [0.29, 0.717) is 0 Å². The lowest BCUT2D eigenvalue weighted by molar-refractivity contribution is -0.321. The Balaban J connectivity index is 4.45. The second-order valence-electron chi connectivity index (χ2n) is 4.38. The third-order valence-corrected chi connectivity index (χ3v) is 2.80. The number of amides is 1. The normalized spacial score (nSPS) is 16.2. The fraction of sp³-hybridized carbons (Fsp3) is 0.900. The number of rotatable bonds is 7. The van der Waals surface area contributed by atoms with Crippen LogP contribution in [0.3, 0.4) is 0 Å². The van der Waals surface area contributed by atoms with E-state index >= 15 is 0 Å². The largest absolute Gasteiger partial charge is 0.423 e. The van der Waals surface area contributed by atoms with Crippen molar-refractivity contribution in [3.05, 3.63) is 0 Å². The minimum Gasteiger partial charge on any atom is -0.368 e. The van der Waals surface area contributed by atoms with Gasteiger partial charge in [-0.15, -0.1) is 0 Å². The maximum Gasteiger partial charge on any atom is 0.423 e. The first kappa shape index (κ1) is 19.0. The maximum atomic E-state index is 12.1. The van der Waals surface area contributed by atoms with E-state index < -0.39 is 36.5 Å². The van der Waals surface area contributed by atoms with Gasteiger partial charge in [-0.3, -0.25) is 4.79 Å². The van der Waals surface area contributed by atoms with Crippen LogP contribution in [0.2, 0.25) is 0 Å². The summed E-state index contributed by atoms with van der Waals surface area (Å²) in [7, 11) is 1.40. The summed E-state index contributed by atoms with van der Waals surface area (Å²) in [6.07, 6.45) is -15.1. The van der Waals surface area contributed by atoms with Crippen LogP contribution in [0.25, 0.3) is 0 Å². The van der Waals surface area contributed by atoms with Crippen molar-refractivity contribution in [3.8, 4) is 0 Å². The molecular weight excluding hydrogens is 294 g/mol. The minimum atomic E-state index is -5.53. The monoisotopic (exact) mass is 310 g/mol. The number of alkyl halides is 6. The molecule has 0 fully saturated rings. The predicted molar refractivity (Wildman–Crippen MR) is 57.7 cm³/mol. The number of nitrogens with one attached hydrogen (secondary N) is 1. The van der Waals surface area contributed by atoms with Gasteiger partial charge in [-0.1, -0.05) is 0 Å². The van der Waals surface area contributed by atoms with E-state index in [9.17, 15) is 31.1 Å². The molecule has 0 saturated heterocycles. The summed E-state index contributed by atoms with van der Waals surface area (Å²) in [5.74, 6) is -0.761. The molecule has 10 heteroatoms. The zero-order valence-corrected chi connectivity index (χ0v) is 10.9. The van der Waals surface area contributed by atoms with Gasteiger partial charge in [0.1, 0.15) is 0 Å². The van der Waals surface area contributed by atoms with E-state index in [1.165, 1.54) is 14.0 Å². The lowest BCUT2D eigenvalue weighted by Crippen LogP contribution is -2.51. The summed E-state index contributed by atoms with van der Waals surface area (Å²) in [6, 6.07) is 0. The van der Waals surface area contributed by atoms with E-state index in [1.54, 1.807) is 0 Å². The highest BCUT2D eigenvalue weighted by molar-refractivity contribution is 5.84. The van der Waals surface area contributed by atoms with Crippen LogP contribution in [-0.4, -0.2) is 43.6 Å². The van der Waals surface area contributed by atoms with Gasteiger partial charge in [0.15, 0.2) is 0 Å². The first-order chi connectivity index (χ1) is 8.84. The molecule has 0 bridgehead atoms. The Hall–Kier alpha value is -1.03. The molecule has 3 N–H and O–H groups in total.